The van der Waals surface area contributed by atoms with Crippen LogP contribution in [-0.2, 0) is 6.18 Å². The molecule has 0 aromatic carbocycles. The van der Waals surface area contributed by atoms with Crippen molar-refractivity contribution >= 4 is 19.3 Å². The van der Waals surface area contributed by atoms with E-state index in [-0.39, 0.29) is 0 Å². The molecule has 0 atom stereocenters. The molecule has 1 aromatic rings. The quantitative estimate of drug-likeness (QED) is 0.556. The van der Waals surface area contributed by atoms with E-state index in [0.29, 0.717) is 0 Å². The third kappa shape index (κ3) is 1.66. The first-order chi connectivity index (χ1) is 5.41. The second-order valence-corrected chi connectivity index (χ2v) is 2.03. The molecule has 12 heavy (non-hydrogen) atoms. The van der Waals surface area contributed by atoms with E-state index in [1.165, 1.54) is 0 Å². The van der Waals surface area contributed by atoms with Crippen molar-refractivity contribution in [2.24, 2.45) is 0 Å². The molecule has 0 fully saturated rings. The predicted molar refractivity (Wildman–Crippen MR) is 36.8 cm³/mol. The molecule has 0 aliphatic heterocycles. The number of hydrogen-bond acceptors (Lipinski definition) is 3. The normalized spacial score (nSPS) is 11.6. The fourth-order valence-electron chi connectivity index (χ4n) is 0.632. The summed E-state index contributed by atoms with van der Waals surface area (Å²) in [6.07, 6.45) is -3.76. The summed E-state index contributed by atoms with van der Waals surface area (Å²) < 4.78 is 36.0. The molecule has 0 saturated heterocycles. The van der Waals surface area contributed by atoms with Crippen molar-refractivity contribution in [2.75, 3.05) is 5.73 Å². The predicted octanol–water partition coefficient (Wildman–Crippen LogP) is -0.129. The van der Waals surface area contributed by atoms with Gasteiger partial charge in [0.2, 0.25) is 5.95 Å². The third-order valence-electron chi connectivity index (χ3n) is 1.10. The van der Waals surface area contributed by atoms with Gasteiger partial charge in [0.1, 0.15) is 13.5 Å². The number of anilines is 1. The van der Waals surface area contributed by atoms with Crippen molar-refractivity contribution in [3.05, 3.63) is 11.9 Å². The van der Waals surface area contributed by atoms with E-state index in [1.807, 2.05) is 0 Å². The fourth-order valence-corrected chi connectivity index (χ4v) is 0.632. The number of nitrogen functional groups attached to an aromatic ring is 1. The average molecular weight is 173 g/mol. The zero-order chi connectivity index (χ0) is 9.35. The minimum absolute atomic E-state index is 0.448. The van der Waals surface area contributed by atoms with Crippen molar-refractivity contribution in [1.82, 2.24) is 9.97 Å². The lowest BCUT2D eigenvalue weighted by molar-refractivity contribution is -0.140. The van der Waals surface area contributed by atoms with Crippen LogP contribution in [0.3, 0.4) is 0 Å². The molecule has 0 aliphatic rings. The molecule has 62 valence electrons. The molecule has 7 heteroatoms. The Kier molecular flexibility index (Phi) is 1.95. The van der Waals surface area contributed by atoms with Gasteiger partial charge in [-0.05, 0) is 5.46 Å². The van der Waals surface area contributed by atoms with Crippen LogP contribution in [0, 0.1) is 0 Å². The number of alkyl halides is 3. The first kappa shape index (κ1) is 8.83. The summed E-state index contributed by atoms with van der Waals surface area (Å²) in [7, 11) is 4.98. The van der Waals surface area contributed by atoms with Gasteiger partial charge < -0.3 is 5.73 Å². The van der Waals surface area contributed by atoms with E-state index in [2.05, 4.69) is 9.97 Å². The van der Waals surface area contributed by atoms with Gasteiger partial charge in [-0.3, -0.25) is 0 Å². The summed E-state index contributed by atoms with van der Waals surface area (Å²) >= 11 is 0. The van der Waals surface area contributed by atoms with Crippen LogP contribution in [0.1, 0.15) is 5.69 Å². The Bertz CT molecular complexity index is 298. The average Bonchev–Trinajstić information content (AvgIpc) is 1.92. The standard InChI is InChI=1S/C5H3BF3N3/c6-2-1-11-4(10)12-3(2)5(7,8)9/h1H,(H2,10,11,12). The molecule has 0 spiro atoms. The SMILES string of the molecule is [B]c1cnc(N)nc1C(F)(F)F. The van der Waals surface area contributed by atoms with E-state index in [9.17, 15) is 13.2 Å². The largest absolute Gasteiger partial charge is 0.432 e. The minimum atomic E-state index is -4.58. The molecular weight excluding hydrogens is 170 g/mol. The van der Waals surface area contributed by atoms with Gasteiger partial charge in [0.05, 0.1) is 0 Å². The second kappa shape index (κ2) is 2.65. The van der Waals surface area contributed by atoms with Crippen LogP contribution in [0.4, 0.5) is 19.1 Å². The van der Waals surface area contributed by atoms with Crippen molar-refractivity contribution in [2.45, 2.75) is 6.18 Å². The van der Waals surface area contributed by atoms with E-state index in [4.69, 9.17) is 13.6 Å². The van der Waals surface area contributed by atoms with Gasteiger partial charge in [-0.15, -0.1) is 0 Å². The van der Waals surface area contributed by atoms with E-state index in [1.54, 1.807) is 0 Å². The summed E-state index contributed by atoms with van der Waals surface area (Å²) in [5.74, 6) is -0.448. The molecule has 0 amide bonds. The highest BCUT2D eigenvalue weighted by molar-refractivity contribution is 6.33. The van der Waals surface area contributed by atoms with Crippen LogP contribution in [0.25, 0.3) is 0 Å². The van der Waals surface area contributed by atoms with Gasteiger partial charge in [-0.25, -0.2) is 9.97 Å². The maximum atomic E-state index is 12.0. The maximum absolute atomic E-state index is 12.0. The number of halogens is 3. The lowest BCUT2D eigenvalue weighted by Gasteiger charge is -2.08. The molecule has 0 bridgehead atoms. The Morgan fingerprint density at radius 2 is 2.00 bits per heavy atom. The summed E-state index contributed by atoms with van der Waals surface area (Å²) in [5.41, 5.74) is 3.22. The smallest absolute Gasteiger partial charge is 0.368 e. The summed E-state index contributed by atoms with van der Waals surface area (Å²) in [6, 6.07) is 0. The Labute approximate surface area is 67.2 Å². The van der Waals surface area contributed by atoms with Crippen LogP contribution in [-0.4, -0.2) is 17.8 Å². The van der Waals surface area contributed by atoms with Gasteiger partial charge >= 0.3 is 6.18 Å². The Balaban J connectivity index is 3.23. The molecular formula is C5H3BF3N3. The highest BCUT2D eigenvalue weighted by Crippen LogP contribution is 2.25. The van der Waals surface area contributed by atoms with Gasteiger partial charge in [0.25, 0.3) is 0 Å². The highest BCUT2D eigenvalue weighted by Gasteiger charge is 2.34. The van der Waals surface area contributed by atoms with Crippen LogP contribution >= 0.6 is 0 Å². The molecule has 1 rings (SSSR count). The fraction of sp³-hybridized carbons (Fsp3) is 0.200. The van der Waals surface area contributed by atoms with E-state index < -0.39 is 23.3 Å². The number of nitrogens with two attached hydrogens (primary N) is 1. The number of aromatic nitrogens is 2. The molecule has 1 heterocycles. The third-order valence-corrected chi connectivity index (χ3v) is 1.10. The monoisotopic (exact) mass is 173 g/mol. The van der Waals surface area contributed by atoms with Gasteiger partial charge in [-0.2, -0.15) is 13.2 Å². The Morgan fingerprint density at radius 1 is 1.42 bits per heavy atom. The number of nitrogens with zero attached hydrogens (tertiary/aromatic N) is 2. The van der Waals surface area contributed by atoms with E-state index >= 15 is 0 Å². The van der Waals surface area contributed by atoms with Crippen LogP contribution in [0.2, 0.25) is 0 Å². The Hall–Kier alpha value is -1.27. The van der Waals surface area contributed by atoms with Gasteiger partial charge in [-0.1, -0.05) is 0 Å². The van der Waals surface area contributed by atoms with Crippen LogP contribution in [0.15, 0.2) is 6.20 Å². The van der Waals surface area contributed by atoms with Crippen molar-refractivity contribution in [3.63, 3.8) is 0 Å². The summed E-state index contributed by atoms with van der Waals surface area (Å²) in [4.78, 5) is 6.26. The number of rotatable bonds is 0. The first-order valence-corrected chi connectivity index (χ1v) is 2.86. The minimum Gasteiger partial charge on any atom is -0.368 e. The van der Waals surface area contributed by atoms with Gasteiger partial charge in [0, 0.05) is 6.20 Å². The Morgan fingerprint density at radius 3 is 2.42 bits per heavy atom. The molecule has 3 nitrogen and oxygen atoms in total. The second-order valence-electron chi connectivity index (χ2n) is 2.03. The first-order valence-electron chi connectivity index (χ1n) is 2.86. The lowest BCUT2D eigenvalue weighted by atomic mass is 9.96. The molecule has 2 N–H and O–H groups in total. The van der Waals surface area contributed by atoms with Crippen molar-refractivity contribution < 1.29 is 13.2 Å². The van der Waals surface area contributed by atoms with Crippen LogP contribution < -0.4 is 11.2 Å². The molecule has 0 aliphatic carbocycles. The van der Waals surface area contributed by atoms with E-state index in [0.717, 1.165) is 6.20 Å². The summed E-state index contributed by atoms with van der Waals surface area (Å²) in [5, 5.41) is 0. The van der Waals surface area contributed by atoms with Gasteiger partial charge in [0.15, 0.2) is 0 Å². The maximum Gasteiger partial charge on any atom is 0.432 e. The molecule has 0 unspecified atom stereocenters. The lowest BCUT2D eigenvalue weighted by Crippen LogP contribution is -2.23. The highest BCUT2D eigenvalue weighted by atomic mass is 19.4. The van der Waals surface area contributed by atoms with Crippen molar-refractivity contribution in [3.8, 4) is 0 Å². The zero-order valence-corrected chi connectivity index (χ0v) is 5.76. The van der Waals surface area contributed by atoms with Crippen LogP contribution in [0.5, 0.6) is 0 Å². The molecule has 2 radical (unpaired) electrons. The van der Waals surface area contributed by atoms with Crippen molar-refractivity contribution in [1.29, 1.82) is 0 Å². The zero-order valence-electron chi connectivity index (χ0n) is 5.76. The summed E-state index contributed by atoms with van der Waals surface area (Å²) in [6.45, 7) is 0. The molecule has 0 saturated carbocycles. The molecule has 1 aromatic heterocycles. The topological polar surface area (TPSA) is 51.8 Å². The number of hydrogen-bond donors (Lipinski definition) is 1.